The molecule has 0 bridgehead atoms. The highest BCUT2D eigenvalue weighted by Crippen LogP contribution is 2.20. The molecule has 0 atom stereocenters. The zero-order chi connectivity index (χ0) is 11.7. The van der Waals surface area contributed by atoms with Crippen molar-refractivity contribution in [3.8, 4) is 11.5 Å². The van der Waals surface area contributed by atoms with E-state index >= 15 is 0 Å². The molecule has 0 aliphatic carbocycles. The van der Waals surface area contributed by atoms with Crippen molar-refractivity contribution >= 4 is 5.97 Å². The van der Waals surface area contributed by atoms with Crippen LogP contribution >= 0.6 is 0 Å². The van der Waals surface area contributed by atoms with Gasteiger partial charge in [0, 0.05) is 12.7 Å². The molecule has 0 unspecified atom stereocenters. The molecule has 84 valence electrons. The highest BCUT2D eigenvalue weighted by molar-refractivity contribution is 5.83. The zero-order valence-corrected chi connectivity index (χ0v) is 8.84. The smallest absolute Gasteiger partial charge is 0.377 e. The lowest BCUT2D eigenvalue weighted by atomic mass is 10.3. The first-order valence-corrected chi connectivity index (χ1v) is 4.73. The Labute approximate surface area is 90.7 Å². The van der Waals surface area contributed by atoms with E-state index < -0.39 is 5.97 Å². The average Bonchev–Trinajstić information content (AvgIpc) is 2.83. The molecule has 0 saturated heterocycles. The third-order valence-electron chi connectivity index (χ3n) is 2.12. The molecule has 0 radical (unpaired) electrons. The molecule has 0 aliphatic rings. The van der Waals surface area contributed by atoms with Gasteiger partial charge in [0.15, 0.2) is 0 Å². The van der Waals surface area contributed by atoms with E-state index in [-0.39, 0.29) is 11.7 Å². The molecule has 0 saturated carbocycles. The van der Waals surface area contributed by atoms with E-state index in [0.29, 0.717) is 5.56 Å². The summed E-state index contributed by atoms with van der Waals surface area (Å²) in [5.41, 5.74) is 1.38. The summed E-state index contributed by atoms with van der Waals surface area (Å²) in [6, 6.07) is 0. The standard InChI is InChI=1S/C9H10N4O3/c1-3-13-4-6(5(2)11-13)8-10-7(9(14)15)12-16-8/h4H,3H2,1-2H3,(H,14,15). The van der Waals surface area contributed by atoms with Gasteiger partial charge in [0.2, 0.25) is 0 Å². The summed E-state index contributed by atoms with van der Waals surface area (Å²) in [5.74, 6) is -1.39. The van der Waals surface area contributed by atoms with E-state index in [0.717, 1.165) is 12.2 Å². The number of nitrogens with zero attached hydrogens (tertiary/aromatic N) is 4. The van der Waals surface area contributed by atoms with Crippen LogP contribution < -0.4 is 0 Å². The number of carboxylic acids is 1. The number of rotatable bonds is 3. The van der Waals surface area contributed by atoms with Crippen molar-refractivity contribution in [1.82, 2.24) is 19.9 Å². The zero-order valence-electron chi connectivity index (χ0n) is 8.84. The second-order valence-corrected chi connectivity index (χ2v) is 3.21. The number of aromatic nitrogens is 4. The highest BCUT2D eigenvalue weighted by atomic mass is 16.5. The Kier molecular flexibility index (Phi) is 2.43. The van der Waals surface area contributed by atoms with Gasteiger partial charge in [0.1, 0.15) is 0 Å². The molecule has 1 N–H and O–H groups in total. The van der Waals surface area contributed by atoms with Crippen molar-refractivity contribution in [2.75, 3.05) is 0 Å². The van der Waals surface area contributed by atoms with Crippen LogP contribution in [0, 0.1) is 6.92 Å². The van der Waals surface area contributed by atoms with Crippen molar-refractivity contribution in [2.24, 2.45) is 0 Å². The molecule has 16 heavy (non-hydrogen) atoms. The van der Waals surface area contributed by atoms with Gasteiger partial charge >= 0.3 is 5.97 Å². The van der Waals surface area contributed by atoms with Gasteiger partial charge in [0.05, 0.1) is 11.3 Å². The number of hydrogen-bond acceptors (Lipinski definition) is 5. The van der Waals surface area contributed by atoms with Crippen LogP contribution in [0.25, 0.3) is 11.5 Å². The second-order valence-electron chi connectivity index (χ2n) is 3.21. The fourth-order valence-corrected chi connectivity index (χ4v) is 1.31. The van der Waals surface area contributed by atoms with Crippen LogP contribution in [-0.4, -0.2) is 31.0 Å². The molecule has 0 aliphatic heterocycles. The maximum absolute atomic E-state index is 10.6. The van der Waals surface area contributed by atoms with Crippen molar-refractivity contribution in [3.63, 3.8) is 0 Å². The predicted molar refractivity (Wildman–Crippen MR) is 52.9 cm³/mol. The Morgan fingerprint density at radius 1 is 1.62 bits per heavy atom. The van der Waals surface area contributed by atoms with Crippen LogP contribution in [-0.2, 0) is 6.54 Å². The molecule has 0 aromatic carbocycles. The summed E-state index contributed by atoms with van der Waals surface area (Å²) in [6.45, 7) is 4.47. The number of carbonyl (C=O) groups is 1. The molecular formula is C9H10N4O3. The summed E-state index contributed by atoms with van der Waals surface area (Å²) >= 11 is 0. The summed E-state index contributed by atoms with van der Waals surface area (Å²) in [6.07, 6.45) is 1.74. The Balaban J connectivity index is 2.41. The molecule has 2 heterocycles. The van der Waals surface area contributed by atoms with Crippen LogP contribution in [0.1, 0.15) is 23.2 Å². The molecule has 7 heteroatoms. The van der Waals surface area contributed by atoms with Gasteiger partial charge in [-0.15, -0.1) is 0 Å². The highest BCUT2D eigenvalue weighted by Gasteiger charge is 2.17. The molecule has 0 amide bonds. The van der Waals surface area contributed by atoms with E-state index in [4.69, 9.17) is 9.63 Å². The molecule has 0 fully saturated rings. The Morgan fingerprint density at radius 2 is 2.38 bits per heavy atom. The van der Waals surface area contributed by atoms with Gasteiger partial charge in [-0.25, -0.2) is 4.79 Å². The lowest BCUT2D eigenvalue weighted by molar-refractivity contribution is 0.0680. The molecule has 2 aromatic rings. The Morgan fingerprint density at radius 3 is 2.88 bits per heavy atom. The van der Waals surface area contributed by atoms with Crippen molar-refractivity contribution < 1.29 is 14.4 Å². The number of hydrogen-bond donors (Lipinski definition) is 1. The first-order chi connectivity index (χ1) is 7.61. The second kappa shape index (κ2) is 3.76. The summed E-state index contributed by atoms with van der Waals surface area (Å²) in [4.78, 5) is 14.3. The van der Waals surface area contributed by atoms with Gasteiger partial charge in [-0.05, 0) is 19.0 Å². The first-order valence-electron chi connectivity index (χ1n) is 4.73. The summed E-state index contributed by atoms with van der Waals surface area (Å²) in [7, 11) is 0. The Hall–Kier alpha value is -2.18. The van der Waals surface area contributed by atoms with Crippen LogP contribution in [0.15, 0.2) is 10.7 Å². The van der Waals surface area contributed by atoms with E-state index in [1.807, 2.05) is 6.92 Å². The third-order valence-corrected chi connectivity index (χ3v) is 2.12. The lowest BCUT2D eigenvalue weighted by Crippen LogP contribution is -1.98. The third kappa shape index (κ3) is 1.67. The summed E-state index contributed by atoms with van der Waals surface area (Å²) in [5, 5.41) is 16.2. The van der Waals surface area contributed by atoms with E-state index in [1.165, 1.54) is 0 Å². The number of carboxylic acid groups (broad SMARTS) is 1. The minimum Gasteiger partial charge on any atom is -0.475 e. The van der Waals surface area contributed by atoms with Gasteiger partial charge in [-0.1, -0.05) is 0 Å². The molecular weight excluding hydrogens is 212 g/mol. The largest absolute Gasteiger partial charge is 0.475 e. The molecule has 0 spiro atoms. The number of aryl methyl sites for hydroxylation is 2. The topological polar surface area (TPSA) is 94.0 Å². The van der Waals surface area contributed by atoms with E-state index in [1.54, 1.807) is 17.8 Å². The van der Waals surface area contributed by atoms with Gasteiger partial charge in [-0.3, -0.25) is 4.68 Å². The van der Waals surface area contributed by atoms with Crippen LogP contribution in [0.3, 0.4) is 0 Å². The quantitative estimate of drug-likeness (QED) is 0.831. The maximum atomic E-state index is 10.6. The van der Waals surface area contributed by atoms with Gasteiger partial charge < -0.3 is 9.63 Å². The molecule has 2 rings (SSSR count). The van der Waals surface area contributed by atoms with Crippen LogP contribution in [0.4, 0.5) is 0 Å². The van der Waals surface area contributed by atoms with Crippen LogP contribution in [0.5, 0.6) is 0 Å². The van der Waals surface area contributed by atoms with E-state index in [9.17, 15) is 4.79 Å². The van der Waals surface area contributed by atoms with Crippen molar-refractivity contribution in [3.05, 3.63) is 17.7 Å². The lowest BCUT2D eigenvalue weighted by Gasteiger charge is -1.89. The molecule has 2 aromatic heterocycles. The van der Waals surface area contributed by atoms with Crippen molar-refractivity contribution in [2.45, 2.75) is 20.4 Å². The predicted octanol–water partition coefficient (Wildman–Crippen LogP) is 0.960. The van der Waals surface area contributed by atoms with Crippen LogP contribution in [0.2, 0.25) is 0 Å². The van der Waals surface area contributed by atoms with Crippen molar-refractivity contribution in [1.29, 1.82) is 0 Å². The normalized spacial score (nSPS) is 10.6. The number of aromatic carboxylic acids is 1. The van der Waals surface area contributed by atoms with Gasteiger partial charge in [-0.2, -0.15) is 10.1 Å². The maximum Gasteiger partial charge on any atom is 0.377 e. The average molecular weight is 222 g/mol. The fraction of sp³-hybridized carbons (Fsp3) is 0.333. The Bertz CT molecular complexity index is 529. The SMILES string of the molecule is CCn1cc(-c2nc(C(=O)O)no2)c(C)n1. The fourth-order valence-electron chi connectivity index (χ4n) is 1.31. The monoisotopic (exact) mass is 222 g/mol. The minimum absolute atomic E-state index is 0.176. The summed E-state index contributed by atoms with van der Waals surface area (Å²) < 4.78 is 6.57. The van der Waals surface area contributed by atoms with E-state index in [2.05, 4.69) is 15.2 Å². The minimum atomic E-state index is -1.21. The molecule has 7 nitrogen and oxygen atoms in total. The first kappa shape index (κ1) is 10.3. The van der Waals surface area contributed by atoms with Gasteiger partial charge in [0.25, 0.3) is 11.7 Å².